The molecule has 0 N–H and O–H groups in total. The Hall–Kier alpha value is -3.60. The van der Waals surface area contributed by atoms with E-state index in [1.165, 1.54) is 0 Å². The maximum atomic E-state index is 13.3. The van der Waals surface area contributed by atoms with Gasteiger partial charge < -0.3 is 4.74 Å². The van der Waals surface area contributed by atoms with Gasteiger partial charge in [0.1, 0.15) is 12.4 Å². The van der Waals surface area contributed by atoms with Gasteiger partial charge >= 0.3 is 0 Å². The van der Waals surface area contributed by atoms with Crippen molar-refractivity contribution in [3.63, 3.8) is 0 Å². The van der Waals surface area contributed by atoms with E-state index in [2.05, 4.69) is 21.9 Å². The standard InChI is InChI=1S/C26H23N3O2/c1-17-11-25-23(26(30)22(17)12-18-5-4-10-27-14-18)13-21(15-28-25)31-16-20-9-8-19-6-2-3-7-24(19)29-20/h2-10,13-15,17,22H,11-12,16H2,1H3/t17-,22+/m0/s1. The van der Waals surface area contributed by atoms with E-state index in [0.29, 0.717) is 24.3 Å². The van der Waals surface area contributed by atoms with Crippen LogP contribution in [0.15, 0.2) is 73.2 Å². The van der Waals surface area contributed by atoms with Gasteiger partial charge in [-0.05, 0) is 48.6 Å². The van der Waals surface area contributed by atoms with Crippen molar-refractivity contribution < 1.29 is 9.53 Å². The van der Waals surface area contributed by atoms with Crippen molar-refractivity contribution in [1.29, 1.82) is 0 Å². The number of ketones is 1. The van der Waals surface area contributed by atoms with Gasteiger partial charge in [-0.25, -0.2) is 4.98 Å². The Morgan fingerprint density at radius 3 is 2.84 bits per heavy atom. The summed E-state index contributed by atoms with van der Waals surface area (Å²) in [6.45, 7) is 2.45. The molecule has 5 rings (SSSR count). The number of hydrogen-bond donors (Lipinski definition) is 0. The SMILES string of the molecule is C[C@H]1Cc2ncc(OCc3ccc4ccccc4n3)cc2C(=O)[C@@H]1Cc1cccnc1. The largest absolute Gasteiger partial charge is 0.486 e. The van der Waals surface area contributed by atoms with Crippen LogP contribution in [0, 0.1) is 11.8 Å². The number of hydrogen-bond acceptors (Lipinski definition) is 5. The van der Waals surface area contributed by atoms with Crippen molar-refractivity contribution >= 4 is 16.7 Å². The first-order chi connectivity index (χ1) is 15.2. The van der Waals surface area contributed by atoms with Gasteiger partial charge in [-0.3, -0.25) is 14.8 Å². The molecule has 0 bridgehead atoms. The quantitative estimate of drug-likeness (QED) is 0.472. The highest BCUT2D eigenvalue weighted by molar-refractivity contribution is 6.00. The number of benzene rings is 1. The predicted molar refractivity (Wildman–Crippen MR) is 119 cm³/mol. The number of ether oxygens (including phenoxy) is 1. The molecular weight excluding hydrogens is 386 g/mol. The van der Waals surface area contributed by atoms with Crippen LogP contribution in [0.25, 0.3) is 10.9 Å². The number of carbonyl (C=O) groups is 1. The Morgan fingerprint density at radius 1 is 1.06 bits per heavy atom. The molecule has 5 nitrogen and oxygen atoms in total. The van der Waals surface area contributed by atoms with Crippen molar-refractivity contribution in [2.75, 3.05) is 0 Å². The van der Waals surface area contributed by atoms with Gasteiger partial charge in [0.2, 0.25) is 0 Å². The number of rotatable bonds is 5. The third kappa shape index (κ3) is 4.04. The molecule has 0 saturated heterocycles. The topological polar surface area (TPSA) is 65.0 Å². The normalized spacial score (nSPS) is 18.0. The van der Waals surface area contributed by atoms with E-state index in [4.69, 9.17) is 4.74 Å². The fourth-order valence-corrected chi connectivity index (χ4v) is 4.25. The molecular formula is C26H23N3O2. The lowest BCUT2D eigenvalue weighted by molar-refractivity contribution is 0.0857. The lowest BCUT2D eigenvalue weighted by Gasteiger charge is -2.29. The molecule has 0 radical (unpaired) electrons. The zero-order valence-corrected chi connectivity index (χ0v) is 17.4. The maximum absolute atomic E-state index is 13.3. The molecule has 154 valence electrons. The van der Waals surface area contributed by atoms with Gasteiger partial charge in [0.15, 0.2) is 5.78 Å². The van der Waals surface area contributed by atoms with Crippen molar-refractivity contribution in [2.24, 2.45) is 11.8 Å². The van der Waals surface area contributed by atoms with Crippen molar-refractivity contribution in [1.82, 2.24) is 15.0 Å². The fourth-order valence-electron chi connectivity index (χ4n) is 4.25. The predicted octanol–water partition coefficient (Wildman–Crippen LogP) is 4.84. The highest BCUT2D eigenvalue weighted by Crippen LogP contribution is 2.33. The van der Waals surface area contributed by atoms with Crippen LogP contribution in [0.3, 0.4) is 0 Å². The average Bonchev–Trinajstić information content (AvgIpc) is 2.81. The van der Waals surface area contributed by atoms with Crippen LogP contribution in [0.5, 0.6) is 5.75 Å². The van der Waals surface area contributed by atoms with Crippen molar-refractivity contribution in [3.05, 3.63) is 95.7 Å². The highest BCUT2D eigenvalue weighted by atomic mass is 16.5. The molecule has 0 unspecified atom stereocenters. The minimum Gasteiger partial charge on any atom is -0.486 e. The van der Waals surface area contributed by atoms with Crippen LogP contribution < -0.4 is 4.74 Å². The summed E-state index contributed by atoms with van der Waals surface area (Å²) in [7, 11) is 0. The molecule has 0 spiro atoms. The van der Waals surface area contributed by atoms with Gasteiger partial charge in [0.05, 0.1) is 23.1 Å². The number of pyridine rings is 3. The lowest BCUT2D eigenvalue weighted by Crippen LogP contribution is -2.32. The van der Waals surface area contributed by atoms with E-state index >= 15 is 0 Å². The molecule has 4 aromatic rings. The van der Waals surface area contributed by atoms with E-state index in [0.717, 1.165) is 34.3 Å². The van der Waals surface area contributed by atoms with E-state index in [1.807, 2.05) is 60.8 Å². The first kappa shape index (κ1) is 19.4. The summed E-state index contributed by atoms with van der Waals surface area (Å²) in [5.74, 6) is 0.897. The second kappa shape index (κ2) is 8.26. The molecule has 2 atom stereocenters. The summed E-state index contributed by atoms with van der Waals surface area (Å²) in [5.41, 5.74) is 4.39. The Labute approximate surface area is 181 Å². The molecule has 1 aliphatic rings. The van der Waals surface area contributed by atoms with Crippen LogP contribution >= 0.6 is 0 Å². The van der Waals surface area contributed by atoms with Crippen LogP contribution in [0.1, 0.15) is 34.2 Å². The molecule has 1 aliphatic carbocycles. The minimum atomic E-state index is -0.0732. The van der Waals surface area contributed by atoms with Crippen LogP contribution in [-0.2, 0) is 19.4 Å². The van der Waals surface area contributed by atoms with Crippen molar-refractivity contribution in [3.8, 4) is 5.75 Å². The van der Waals surface area contributed by atoms with E-state index in [1.54, 1.807) is 12.4 Å². The molecule has 1 aromatic carbocycles. The summed E-state index contributed by atoms with van der Waals surface area (Å²) >= 11 is 0. The molecule has 3 heterocycles. The van der Waals surface area contributed by atoms with Gasteiger partial charge in [-0.1, -0.05) is 37.3 Å². The first-order valence-electron chi connectivity index (χ1n) is 10.6. The fraction of sp³-hybridized carbons (Fsp3) is 0.231. The van der Waals surface area contributed by atoms with Crippen LogP contribution in [-0.4, -0.2) is 20.7 Å². The monoisotopic (exact) mass is 409 g/mol. The molecule has 0 fully saturated rings. The van der Waals surface area contributed by atoms with E-state index in [9.17, 15) is 4.79 Å². The lowest BCUT2D eigenvalue weighted by atomic mass is 9.75. The summed E-state index contributed by atoms with van der Waals surface area (Å²) in [6, 6.07) is 17.8. The minimum absolute atomic E-state index is 0.0732. The highest BCUT2D eigenvalue weighted by Gasteiger charge is 2.34. The Kier molecular flexibility index (Phi) is 5.16. The second-order valence-corrected chi connectivity index (χ2v) is 8.17. The smallest absolute Gasteiger partial charge is 0.168 e. The Morgan fingerprint density at radius 2 is 1.97 bits per heavy atom. The molecule has 0 aliphatic heterocycles. The van der Waals surface area contributed by atoms with E-state index in [-0.39, 0.29) is 17.6 Å². The zero-order valence-electron chi connectivity index (χ0n) is 17.4. The second-order valence-electron chi connectivity index (χ2n) is 8.17. The third-order valence-electron chi connectivity index (χ3n) is 5.97. The van der Waals surface area contributed by atoms with Gasteiger partial charge in [0.25, 0.3) is 0 Å². The van der Waals surface area contributed by atoms with Crippen LogP contribution in [0.2, 0.25) is 0 Å². The number of carbonyl (C=O) groups excluding carboxylic acids is 1. The van der Waals surface area contributed by atoms with Crippen molar-refractivity contribution in [2.45, 2.75) is 26.4 Å². The first-order valence-corrected chi connectivity index (χ1v) is 10.6. The van der Waals surface area contributed by atoms with Crippen LogP contribution in [0.4, 0.5) is 0 Å². The summed E-state index contributed by atoms with van der Waals surface area (Å²) < 4.78 is 5.95. The Balaban J connectivity index is 1.34. The average molecular weight is 409 g/mol. The van der Waals surface area contributed by atoms with Gasteiger partial charge in [-0.2, -0.15) is 0 Å². The number of Topliss-reactive ketones (excluding diaryl/α,β-unsaturated/α-hetero) is 1. The number of aromatic nitrogens is 3. The zero-order chi connectivity index (χ0) is 21.2. The summed E-state index contributed by atoms with van der Waals surface area (Å²) in [5, 5.41) is 1.10. The molecule has 5 heteroatoms. The number of para-hydroxylation sites is 1. The third-order valence-corrected chi connectivity index (χ3v) is 5.97. The number of fused-ring (bicyclic) bond motifs is 2. The molecule has 0 saturated carbocycles. The molecule has 0 amide bonds. The Bertz CT molecular complexity index is 1240. The van der Waals surface area contributed by atoms with E-state index < -0.39 is 0 Å². The van der Waals surface area contributed by atoms with Gasteiger partial charge in [-0.15, -0.1) is 0 Å². The maximum Gasteiger partial charge on any atom is 0.168 e. The molecule has 3 aromatic heterocycles. The summed E-state index contributed by atoms with van der Waals surface area (Å²) in [6.07, 6.45) is 6.78. The summed E-state index contributed by atoms with van der Waals surface area (Å²) in [4.78, 5) is 26.6. The molecule has 31 heavy (non-hydrogen) atoms. The van der Waals surface area contributed by atoms with Gasteiger partial charge in [0, 0.05) is 29.3 Å². The number of nitrogens with zero attached hydrogens (tertiary/aromatic N) is 3.